The van der Waals surface area contributed by atoms with Gasteiger partial charge in [0.25, 0.3) is 0 Å². The van der Waals surface area contributed by atoms with Crippen molar-refractivity contribution in [2.45, 2.75) is 109 Å². The SMILES string of the molecule is CC(C)(C)OC(=O)N1CCOC[C@H]1c1cc(B2OC(C)(C)C(C)(C)O2)cc2c1CN(C(=O)N1CC3CCC(C1)O3)CC2. The highest BCUT2D eigenvalue weighted by Gasteiger charge is 2.52. The lowest BCUT2D eigenvalue weighted by molar-refractivity contribution is -0.0337. The molecule has 0 aromatic heterocycles. The average Bonchev–Trinajstić information content (AvgIpc) is 3.38. The van der Waals surface area contributed by atoms with Crippen molar-refractivity contribution in [2.24, 2.45) is 0 Å². The standard InChI is InChI=1S/C31H46BN3O7/c1-29(2,3)40-28(37)35-12-13-38-19-26(35)24-15-21(32-41-30(4,5)31(6,7)42-32)14-20-10-11-33(18-25(20)24)27(36)34-16-22-8-9-23(17-34)39-22/h14-15,22-23,26H,8-13,16-19H2,1-7H3/t22?,23?,26-/m0/s1. The fourth-order valence-electron chi connectivity index (χ4n) is 6.67. The van der Waals surface area contributed by atoms with E-state index in [9.17, 15) is 9.59 Å². The second kappa shape index (κ2) is 10.7. The number of morpholine rings is 2. The third kappa shape index (κ3) is 5.65. The Morgan fingerprint density at radius 3 is 2.29 bits per heavy atom. The predicted molar refractivity (Wildman–Crippen MR) is 158 cm³/mol. The van der Waals surface area contributed by atoms with Gasteiger partial charge in [0, 0.05) is 32.7 Å². The van der Waals surface area contributed by atoms with Crippen LogP contribution in [0, 0.1) is 0 Å². The molecule has 3 atom stereocenters. The van der Waals surface area contributed by atoms with Crippen molar-refractivity contribution in [1.82, 2.24) is 14.7 Å². The lowest BCUT2D eigenvalue weighted by atomic mass is 9.74. The average molecular weight is 584 g/mol. The number of benzene rings is 1. The molecule has 11 heteroatoms. The summed E-state index contributed by atoms with van der Waals surface area (Å²) in [6.07, 6.45) is 2.67. The first-order chi connectivity index (χ1) is 19.7. The minimum absolute atomic E-state index is 0.0609. The molecule has 42 heavy (non-hydrogen) atoms. The van der Waals surface area contributed by atoms with Crippen LogP contribution in [0.5, 0.6) is 0 Å². The first kappa shape index (κ1) is 29.7. The van der Waals surface area contributed by atoms with Gasteiger partial charge in [0.1, 0.15) is 5.60 Å². The predicted octanol–water partition coefficient (Wildman–Crippen LogP) is 3.64. The quantitative estimate of drug-likeness (QED) is 0.492. The van der Waals surface area contributed by atoms with Gasteiger partial charge < -0.3 is 33.3 Å². The summed E-state index contributed by atoms with van der Waals surface area (Å²) in [5.74, 6) is 0. The van der Waals surface area contributed by atoms with Crippen molar-refractivity contribution in [3.05, 3.63) is 28.8 Å². The van der Waals surface area contributed by atoms with Gasteiger partial charge >= 0.3 is 19.2 Å². The Morgan fingerprint density at radius 2 is 1.64 bits per heavy atom. The highest BCUT2D eigenvalue weighted by atomic mass is 16.7. The van der Waals surface area contributed by atoms with E-state index in [1.165, 1.54) is 0 Å². The smallest absolute Gasteiger partial charge is 0.444 e. The third-order valence-electron chi connectivity index (χ3n) is 9.62. The monoisotopic (exact) mass is 583 g/mol. The molecule has 5 heterocycles. The second-order valence-electron chi connectivity index (χ2n) is 14.4. The zero-order valence-electron chi connectivity index (χ0n) is 26.2. The number of carbonyl (C=O) groups excluding carboxylic acids is 2. The van der Waals surface area contributed by atoms with E-state index in [0.717, 1.165) is 35.0 Å². The molecule has 2 bridgehead atoms. The number of urea groups is 1. The number of hydrogen-bond donors (Lipinski definition) is 0. The van der Waals surface area contributed by atoms with Crippen molar-refractivity contribution < 1.29 is 33.1 Å². The van der Waals surface area contributed by atoms with Gasteiger partial charge in [0.05, 0.1) is 42.7 Å². The molecule has 0 spiro atoms. The molecule has 5 aliphatic rings. The van der Waals surface area contributed by atoms with Gasteiger partial charge in [-0.2, -0.15) is 0 Å². The molecule has 4 fully saturated rings. The van der Waals surface area contributed by atoms with Gasteiger partial charge in [0.15, 0.2) is 0 Å². The van der Waals surface area contributed by atoms with E-state index in [-0.39, 0.29) is 30.4 Å². The Hall–Kier alpha value is -2.34. The van der Waals surface area contributed by atoms with E-state index >= 15 is 0 Å². The number of likely N-dealkylation sites (tertiary alicyclic amines) is 1. The second-order valence-corrected chi connectivity index (χ2v) is 14.4. The van der Waals surface area contributed by atoms with E-state index in [2.05, 4.69) is 12.1 Å². The third-order valence-corrected chi connectivity index (χ3v) is 9.62. The molecule has 2 unspecified atom stereocenters. The van der Waals surface area contributed by atoms with E-state index in [1.807, 2.05) is 58.3 Å². The minimum Gasteiger partial charge on any atom is -0.444 e. The molecule has 4 saturated heterocycles. The van der Waals surface area contributed by atoms with Gasteiger partial charge in [-0.1, -0.05) is 12.1 Å². The molecule has 10 nitrogen and oxygen atoms in total. The summed E-state index contributed by atoms with van der Waals surface area (Å²) in [5.41, 5.74) is 2.51. The van der Waals surface area contributed by atoms with Crippen LogP contribution in [-0.2, 0) is 36.5 Å². The van der Waals surface area contributed by atoms with Crippen LogP contribution in [0.15, 0.2) is 12.1 Å². The highest BCUT2D eigenvalue weighted by molar-refractivity contribution is 6.62. The normalized spacial score (nSPS) is 28.6. The van der Waals surface area contributed by atoms with E-state index < -0.39 is 23.9 Å². The topological polar surface area (TPSA) is 90.0 Å². The highest BCUT2D eigenvalue weighted by Crippen LogP contribution is 2.38. The molecule has 0 saturated carbocycles. The maximum Gasteiger partial charge on any atom is 0.494 e. The molecule has 0 N–H and O–H groups in total. The first-order valence-electron chi connectivity index (χ1n) is 15.5. The Bertz CT molecular complexity index is 1200. The van der Waals surface area contributed by atoms with Crippen molar-refractivity contribution in [2.75, 3.05) is 39.4 Å². The van der Waals surface area contributed by atoms with E-state index in [4.69, 9.17) is 23.5 Å². The van der Waals surface area contributed by atoms with Gasteiger partial charge in [-0.25, -0.2) is 9.59 Å². The molecule has 1 aromatic rings. The molecule has 0 aliphatic carbocycles. The number of carbonyl (C=O) groups is 2. The molecule has 6 rings (SSSR count). The number of fused-ring (bicyclic) bond motifs is 3. The first-order valence-corrected chi connectivity index (χ1v) is 15.5. The fourth-order valence-corrected chi connectivity index (χ4v) is 6.67. The van der Waals surface area contributed by atoms with Gasteiger partial charge in [-0.05, 0) is 89.9 Å². The van der Waals surface area contributed by atoms with Crippen molar-refractivity contribution in [3.63, 3.8) is 0 Å². The summed E-state index contributed by atoms with van der Waals surface area (Å²) in [6, 6.07) is 3.96. The Kier molecular flexibility index (Phi) is 7.56. The van der Waals surface area contributed by atoms with Crippen LogP contribution in [0.1, 0.15) is 84.0 Å². The van der Waals surface area contributed by atoms with Crippen molar-refractivity contribution in [1.29, 1.82) is 0 Å². The van der Waals surface area contributed by atoms with Crippen LogP contribution in [0.4, 0.5) is 9.59 Å². The van der Waals surface area contributed by atoms with Crippen LogP contribution < -0.4 is 5.46 Å². The Balaban J connectivity index is 1.35. The summed E-state index contributed by atoms with van der Waals surface area (Å²) < 4.78 is 30.6. The number of rotatable bonds is 2. The van der Waals surface area contributed by atoms with Crippen LogP contribution in [0.3, 0.4) is 0 Å². The van der Waals surface area contributed by atoms with Crippen LogP contribution in [0.25, 0.3) is 0 Å². The van der Waals surface area contributed by atoms with Gasteiger partial charge in [-0.15, -0.1) is 0 Å². The maximum atomic E-state index is 13.8. The minimum atomic E-state index is -0.620. The molecular formula is C31H46BN3O7. The van der Waals surface area contributed by atoms with Crippen LogP contribution >= 0.6 is 0 Å². The van der Waals surface area contributed by atoms with Crippen LogP contribution in [-0.4, -0.2) is 102 Å². The van der Waals surface area contributed by atoms with Gasteiger partial charge in [0.2, 0.25) is 0 Å². The summed E-state index contributed by atoms with van der Waals surface area (Å²) in [4.78, 5) is 32.9. The van der Waals surface area contributed by atoms with Crippen molar-refractivity contribution in [3.8, 4) is 0 Å². The lowest BCUT2D eigenvalue weighted by Gasteiger charge is -2.41. The van der Waals surface area contributed by atoms with Crippen molar-refractivity contribution >= 4 is 24.7 Å². The summed E-state index contributed by atoms with van der Waals surface area (Å²) in [5, 5.41) is 0. The number of ether oxygens (including phenoxy) is 3. The molecule has 230 valence electrons. The summed E-state index contributed by atoms with van der Waals surface area (Å²) >= 11 is 0. The van der Waals surface area contributed by atoms with E-state index in [0.29, 0.717) is 52.4 Å². The molecule has 3 amide bonds. The zero-order valence-corrected chi connectivity index (χ0v) is 26.2. The number of hydrogen-bond acceptors (Lipinski definition) is 7. The fraction of sp³-hybridized carbons (Fsp3) is 0.742. The van der Waals surface area contributed by atoms with Crippen LogP contribution in [0.2, 0.25) is 0 Å². The number of amides is 3. The summed E-state index contributed by atoms with van der Waals surface area (Å²) in [6.45, 7) is 17.4. The zero-order chi connectivity index (χ0) is 30.0. The molecule has 0 radical (unpaired) electrons. The largest absolute Gasteiger partial charge is 0.494 e. The Morgan fingerprint density at radius 1 is 0.976 bits per heavy atom. The molecule has 1 aromatic carbocycles. The molecular weight excluding hydrogens is 537 g/mol. The lowest BCUT2D eigenvalue weighted by Crippen LogP contribution is -2.52. The number of nitrogens with zero attached hydrogens (tertiary/aromatic N) is 3. The van der Waals surface area contributed by atoms with Gasteiger partial charge in [-0.3, -0.25) is 4.90 Å². The Labute approximate surface area is 250 Å². The molecule has 5 aliphatic heterocycles. The summed E-state index contributed by atoms with van der Waals surface area (Å²) in [7, 11) is -0.540. The van der Waals surface area contributed by atoms with E-state index in [1.54, 1.807) is 4.90 Å². The maximum absolute atomic E-state index is 13.8.